The number of anilines is 1. The van der Waals surface area contributed by atoms with E-state index in [1.807, 2.05) is 11.8 Å². The van der Waals surface area contributed by atoms with Gasteiger partial charge in [0.15, 0.2) is 0 Å². The lowest BCUT2D eigenvalue weighted by Crippen LogP contribution is -2.24. The van der Waals surface area contributed by atoms with E-state index < -0.39 is 4.92 Å². The summed E-state index contributed by atoms with van der Waals surface area (Å²) >= 11 is 0. The highest BCUT2D eigenvalue weighted by molar-refractivity contribution is 5.79. The Hall–Kier alpha value is -1.91. The van der Waals surface area contributed by atoms with Crippen molar-refractivity contribution in [3.05, 3.63) is 33.9 Å². The molecule has 1 aromatic carbocycles. The van der Waals surface area contributed by atoms with E-state index >= 15 is 0 Å². The Morgan fingerprint density at radius 3 is 2.61 bits per heavy atom. The highest BCUT2D eigenvalue weighted by Crippen LogP contribution is 2.29. The van der Waals surface area contributed by atoms with Crippen LogP contribution in [0.4, 0.5) is 11.4 Å². The summed E-state index contributed by atoms with van der Waals surface area (Å²) in [5, 5.41) is 11.0. The molecule has 98 valence electrons. The summed E-state index contributed by atoms with van der Waals surface area (Å²) < 4.78 is 0. The third-order valence-electron chi connectivity index (χ3n) is 2.84. The van der Waals surface area contributed by atoms with Crippen LogP contribution < -0.4 is 4.90 Å². The molecule has 0 aliphatic carbocycles. The second-order valence-electron chi connectivity index (χ2n) is 4.06. The van der Waals surface area contributed by atoms with Crippen molar-refractivity contribution in [1.29, 1.82) is 0 Å². The molecular weight excluding hydrogens is 232 g/mol. The van der Waals surface area contributed by atoms with E-state index in [2.05, 4.69) is 6.92 Å². The minimum Gasteiger partial charge on any atom is -0.366 e. The van der Waals surface area contributed by atoms with Gasteiger partial charge in [0.05, 0.1) is 4.92 Å². The molecule has 0 spiro atoms. The molecule has 0 saturated heterocycles. The second kappa shape index (κ2) is 6.74. The first-order valence-electron chi connectivity index (χ1n) is 6.12. The Bertz CT molecular complexity index is 432. The summed E-state index contributed by atoms with van der Waals surface area (Å²) in [7, 11) is 0. The van der Waals surface area contributed by atoms with Crippen LogP contribution >= 0.6 is 0 Å². The van der Waals surface area contributed by atoms with E-state index in [1.165, 1.54) is 6.07 Å². The maximum absolute atomic E-state index is 11.0. The normalized spacial score (nSPS) is 10.1. The van der Waals surface area contributed by atoms with E-state index in [1.54, 1.807) is 12.1 Å². The standard InChI is InChI=1S/C13H18N2O3/c1-3-5-8-14(4-2)12-7-6-11(10-16)9-13(12)15(17)18/h6-7,9-10H,3-5,8H2,1-2H3. The quantitative estimate of drug-likeness (QED) is 0.424. The number of rotatable bonds is 7. The summed E-state index contributed by atoms with van der Waals surface area (Å²) in [4.78, 5) is 23.2. The third-order valence-corrected chi connectivity index (χ3v) is 2.84. The van der Waals surface area contributed by atoms with Crippen LogP contribution in [0.15, 0.2) is 18.2 Å². The van der Waals surface area contributed by atoms with Gasteiger partial charge in [-0.3, -0.25) is 14.9 Å². The fourth-order valence-electron chi connectivity index (χ4n) is 1.83. The molecule has 0 amide bonds. The maximum Gasteiger partial charge on any atom is 0.293 e. The van der Waals surface area contributed by atoms with Gasteiger partial charge >= 0.3 is 0 Å². The van der Waals surface area contributed by atoms with E-state index in [-0.39, 0.29) is 5.69 Å². The van der Waals surface area contributed by atoms with Gasteiger partial charge in [-0.25, -0.2) is 0 Å². The van der Waals surface area contributed by atoms with Crippen LogP contribution in [-0.2, 0) is 0 Å². The van der Waals surface area contributed by atoms with Crippen LogP contribution in [0.3, 0.4) is 0 Å². The maximum atomic E-state index is 11.0. The molecule has 0 radical (unpaired) electrons. The molecule has 5 heteroatoms. The molecule has 0 bridgehead atoms. The molecule has 1 aromatic rings. The highest BCUT2D eigenvalue weighted by Gasteiger charge is 2.18. The van der Waals surface area contributed by atoms with Gasteiger partial charge in [-0.2, -0.15) is 0 Å². The summed E-state index contributed by atoms with van der Waals surface area (Å²) in [6.07, 6.45) is 2.65. The number of nitrogens with zero attached hydrogens (tertiary/aromatic N) is 2. The number of carbonyl (C=O) groups is 1. The number of hydrogen-bond donors (Lipinski definition) is 0. The average Bonchev–Trinajstić information content (AvgIpc) is 2.39. The van der Waals surface area contributed by atoms with Gasteiger partial charge in [0.2, 0.25) is 0 Å². The van der Waals surface area contributed by atoms with Gasteiger partial charge in [-0.05, 0) is 25.5 Å². The van der Waals surface area contributed by atoms with E-state index in [0.29, 0.717) is 24.1 Å². The number of nitro groups is 1. The molecular formula is C13H18N2O3. The first-order valence-corrected chi connectivity index (χ1v) is 6.12. The van der Waals surface area contributed by atoms with Crippen molar-refractivity contribution in [2.45, 2.75) is 26.7 Å². The Morgan fingerprint density at radius 1 is 1.39 bits per heavy atom. The number of unbranched alkanes of at least 4 members (excludes halogenated alkanes) is 1. The van der Waals surface area contributed by atoms with E-state index in [9.17, 15) is 14.9 Å². The van der Waals surface area contributed by atoms with Crippen LogP contribution in [0.1, 0.15) is 37.0 Å². The minimum absolute atomic E-state index is 0.00227. The summed E-state index contributed by atoms with van der Waals surface area (Å²) in [6, 6.07) is 4.60. The zero-order valence-corrected chi connectivity index (χ0v) is 10.8. The Morgan fingerprint density at radius 2 is 2.11 bits per heavy atom. The summed E-state index contributed by atoms with van der Waals surface area (Å²) in [5.74, 6) is 0. The van der Waals surface area contributed by atoms with Crippen LogP contribution in [0.5, 0.6) is 0 Å². The lowest BCUT2D eigenvalue weighted by Gasteiger charge is -2.22. The smallest absolute Gasteiger partial charge is 0.293 e. The molecule has 0 aliphatic rings. The largest absolute Gasteiger partial charge is 0.366 e. The van der Waals surface area contributed by atoms with Crippen LogP contribution in [0.2, 0.25) is 0 Å². The fourth-order valence-corrected chi connectivity index (χ4v) is 1.83. The van der Waals surface area contributed by atoms with Crippen LogP contribution in [-0.4, -0.2) is 24.3 Å². The first kappa shape index (κ1) is 14.2. The average molecular weight is 250 g/mol. The van der Waals surface area contributed by atoms with Crippen molar-refractivity contribution < 1.29 is 9.72 Å². The summed E-state index contributed by atoms with van der Waals surface area (Å²) in [6.45, 7) is 5.54. The molecule has 0 saturated carbocycles. The molecule has 0 atom stereocenters. The molecule has 18 heavy (non-hydrogen) atoms. The van der Waals surface area contributed by atoms with Gasteiger partial charge in [0.25, 0.3) is 5.69 Å². The predicted molar refractivity (Wildman–Crippen MR) is 71.3 cm³/mol. The highest BCUT2D eigenvalue weighted by atomic mass is 16.6. The molecule has 5 nitrogen and oxygen atoms in total. The third kappa shape index (κ3) is 3.29. The van der Waals surface area contributed by atoms with Crippen molar-refractivity contribution in [2.75, 3.05) is 18.0 Å². The summed E-state index contributed by atoms with van der Waals surface area (Å²) in [5.41, 5.74) is 0.913. The van der Waals surface area contributed by atoms with Crippen LogP contribution in [0, 0.1) is 10.1 Å². The molecule has 0 aliphatic heterocycles. The number of hydrogen-bond acceptors (Lipinski definition) is 4. The lowest BCUT2D eigenvalue weighted by molar-refractivity contribution is -0.384. The van der Waals surface area contributed by atoms with Gasteiger partial charge < -0.3 is 4.90 Å². The Kier molecular flexibility index (Phi) is 5.30. The molecule has 0 heterocycles. The topological polar surface area (TPSA) is 63.5 Å². The lowest BCUT2D eigenvalue weighted by atomic mass is 10.1. The van der Waals surface area contributed by atoms with Crippen molar-refractivity contribution in [3.8, 4) is 0 Å². The molecule has 0 unspecified atom stereocenters. The molecule has 0 N–H and O–H groups in total. The fraction of sp³-hybridized carbons (Fsp3) is 0.462. The van der Waals surface area contributed by atoms with Crippen LogP contribution in [0.25, 0.3) is 0 Å². The second-order valence-corrected chi connectivity index (χ2v) is 4.06. The number of carbonyl (C=O) groups excluding carboxylic acids is 1. The van der Waals surface area contributed by atoms with E-state index in [4.69, 9.17) is 0 Å². The first-order chi connectivity index (χ1) is 8.63. The minimum atomic E-state index is -0.434. The number of aldehydes is 1. The van der Waals surface area contributed by atoms with Gasteiger partial charge in [0, 0.05) is 24.7 Å². The van der Waals surface area contributed by atoms with E-state index in [0.717, 1.165) is 19.4 Å². The number of benzene rings is 1. The zero-order valence-electron chi connectivity index (χ0n) is 10.8. The van der Waals surface area contributed by atoms with Crippen molar-refractivity contribution in [1.82, 2.24) is 0 Å². The van der Waals surface area contributed by atoms with Gasteiger partial charge in [-0.1, -0.05) is 13.3 Å². The Labute approximate surface area is 107 Å². The van der Waals surface area contributed by atoms with Gasteiger partial charge in [-0.15, -0.1) is 0 Å². The monoisotopic (exact) mass is 250 g/mol. The zero-order chi connectivity index (χ0) is 13.5. The SMILES string of the molecule is CCCCN(CC)c1ccc(C=O)cc1[N+](=O)[O-]. The number of nitro benzene ring substituents is 1. The predicted octanol–water partition coefficient (Wildman–Crippen LogP) is 3.03. The van der Waals surface area contributed by atoms with Gasteiger partial charge in [0.1, 0.15) is 12.0 Å². The molecule has 0 aromatic heterocycles. The van der Waals surface area contributed by atoms with Crippen molar-refractivity contribution in [3.63, 3.8) is 0 Å². The van der Waals surface area contributed by atoms with Crippen molar-refractivity contribution in [2.24, 2.45) is 0 Å². The van der Waals surface area contributed by atoms with Crippen molar-refractivity contribution >= 4 is 17.7 Å². The molecule has 1 rings (SSSR count). The molecule has 0 fully saturated rings. The Balaban J connectivity index is 3.12.